The monoisotopic (exact) mass is 364 g/mol. The second-order valence-electron chi connectivity index (χ2n) is 5.09. The molecule has 132 valence electrons. The van der Waals surface area contributed by atoms with E-state index < -0.39 is 9.85 Å². The lowest BCUT2D eigenvalue weighted by molar-refractivity contribution is -0.389. The van der Waals surface area contributed by atoms with Crippen molar-refractivity contribution in [2.24, 2.45) is 0 Å². The Labute approximate surface area is 147 Å². The minimum Gasteiger partial charge on any atom is -0.396 e. The van der Waals surface area contributed by atoms with Crippen LogP contribution in [-0.2, 0) is 12.8 Å². The predicted molar refractivity (Wildman–Crippen MR) is 91.9 cm³/mol. The van der Waals surface area contributed by atoms with Crippen LogP contribution < -0.4 is 0 Å². The molecule has 2 aromatic carbocycles. The zero-order valence-corrected chi connectivity index (χ0v) is 13.9. The molecule has 0 heterocycles. The van der Waals surface area contributed by atoms with E-state index in [1.165, 1.54) is 12.1 Å². The fourth-order valence-corrected chi connectivity index (χ4v) is 3.61. The third kappa shape index (κ3) is 4.32. The molecule has 0 atom stereocenters. The molecule has 0 amide bonds. The summed E-state index contributed by atoms with van der Waals surface area (Å²) in [5.74, 6) is 0. The maximum atomic E-state index is 11.4. The van der Waals surface area contributed by atoms with Crippen molar-refractivity contribution in [1.82, 2.24) is 0 Å². The van der Waals surface area contributed by atoms with Gasteiger partial charge in [0.1, 0.15) is 0 Å². The number of hydrogen-bond donors (Lipinski definition) is 2. The molecule has 0 saturated heterocycles. The van der Waals surface area contributed by atoms with E-state index >= 15 is 0 Å². The van der Waals surface area contributed by atoms with Crippen LogP contribution in [0.15, 0.2) is 46.2 Å². The quantitative estimate of drug-likeness (QED) is 0.544. The zero-order valence-electron chi connectivity index (χ0n) is 13.1. The highest BCUT2D eigenvalue weighted by atomic mass is 32.2. The highest BCUT2D eigenvalue weighted by Crippen LogP contribution is 2.41. The summed E-state index contributed by atoms with van der Waals surface area (Å²) < 4.78 is 0. The number of aliphatic hydroxyl groups is 2. The Balaban J connectivity index is 2.53. The maximum absolute atomic E-state index is 11.4. The minimum atomic E-state index is -0.545. The first-order valence-electron chi connectivity index (χ1n) is 7.41. The van der Waals surface area contributed by atoms with Gasteiger partial charge in [-0.2, -0.15) is 0 Å². The Hall–Kier alpha value is -2.49. The van der Waals surface area contributed by atoms with E-state index in [0.717, 1.165) is 11.8 Å². The number of benzene rings is 2. The van der Waals surface area contributed by atoms with Crippen LogP contribution in [0, 0.1) is 20.2 Å². The summed E-state index contributed by atoms with van der Waals surface area (Å²) in [5, 5.41) is 41.0. The van der Waals surface area contributed by atoms with Crippen molar-refractivity contribution in [3.63, 3.8) is 0 Å². The lowest BCUT2D eigenvalue weighted by Gasteiger charge is -2.09. The average Bonchev–Trinajstić information content (AvgIpc) is 2.55. The molecule has 2 aromatic rings. The minimum absolute atomic E-state index is 0.122. The summed E-state index contributed by atoms with van der Waals surface area (Å²) in [6.07, 6.45) is 0.245. The molecule has 0 aliphatic heterocycles. The van der Waals surface area contributed by atoms with Crippen LogP contribution in [0.2, 0.25) is 0 Å². The second kappa shape index (κ2) is 8.56. The van der Waals surface area contributed by atoms with E-state index in [1.54, 1.807) is 24.3 Å². The van der Waals surface area contributed by atoms with Gasteiger partial charge in [0.05, 0.1) is 19.6 Å². The first kappa shape index (κ1) is 18.8. The summed E-state index contributed by atoms with van der Waals surface area (Å²) in [5.41, 5.74) is 0.408. The van der Waals surface area contributed by atoms with E-state index in [1.807, 2.05) is 0 Å². The molecule has 0 aliphatic rings. The van der Waals surface area contributed by atoms with Crippen LogP contribution in [0.4, 0.5) is 11.4 Å². The van der Waals surface area contributed by atoms with Crippen LogP contribution in [0.5, 0.6) is 0 Å². The first-order valence-corrected chi connectivity index (χ1v) is 8.23. The van der Waals surface area contributed by atoms with Crippen LogP contribution >= 0.6 is 11.8 Å². The number of rotatable bonds is 8. The third-order valence-electron chi connectivity index (χ3n) is 3.51. The molecule has 0 unspecified atom stereocenters. The fraction of sp³-hybridized carbons (Fsp3) is 0.250. The number of nitro benzene ring substituents is 2. The Kier molecular flexibility index (Phi) is 6.45. The highest BCUT2D eigenvalue weighted by Gasteiger charge is 2.25. The summed E-state index contributed by atoms with van der Waals surface area (Å²) in [7, 11) is 0. The van der Waals surface area contributed by atoms with Gasteiger partial charge in [0, 0.05) is 37.2 Å². The molecule has 8 nitrogen and oxygen atoms in total. The molecule has 0 bridgehead atoms. The van der Waals surface area contributed by atoms with E-state index in [9.17, 15) is 20.2 Å². The molecule has 0 aliphatic carbocycles. The second-order valence-corrected chi connectivity index (χ2v) is 6.18. The van der Waals surface area contributed by atoms with Crippen LogP contribution in [-0.4, -0.2) is 33.3 Å². The number of aliphatic hydroxyl groups excluding tert-OH is 2. The Morgan fingerprint density at radius 2 is 1.20 bits per heavy atom. The van der Waals surface area contributed by atoms with E-state index in [2.05, 4.69) is 0 Å². The standard InChI is InChI=1S/C16H16N2O6S/c19-9-7-11-3-1-5-13(15(11)17(21)22)25-14-6-2-4-12(8-10-20)16(14)18(23)24/h1-6,19-20H,7-10H2. The van der Waals surface area contributed by atoms with E-state index in [-0.39, 0.29) is 47.2 Å². The molecular formula is C16H16N2O6S. The predicted octanol–water partition coefficient (Wildman–Crippen LogP) is 2.72. The van der Waals surface area contributed by atoms with Crippen LogP contribution in [0.25, 0.3) is 0 Å². The molecule has 0 spiro atoms. The summed E-state index contributed by atoms with van der Waals surface area (Å²) in [6.45, 7) is -0.470. The SMILES string of the molecule is O=[N+]([O-])c1c(CCO)cccc1Sc1cccc(CCO)c1[N+](=O)[O-]. The molecule has 0 saturated carbocycles. The summed E-state index contributed by atoms with van der Waals surface area (Å²) in [4.78, 5) is 22.3. The molecule has 9 heteroatoms. The largest absolute Gasteiger partial charge is 0.396 e. The molecule has 0 aromatic heterocycles. The van der Waals surface area contributed by atoms with Crippen molar-refractivity contribution in [2.75, 3.05) is 13.2 Å². The molecule has 25 heavy (non-hydrogen) atoms. The topological polar surface area (TPSA) is 127 Å². The van der Waals surface area contributed by atoms with Gasteiger partial charge in [-0.05, 0) is 12.1 Å². The van der Waals surface area contributed by atoms with Gasteiger partial charge >= 0.3 is 0 Å². The van der Waals surface area contributed by atoms with E-state index in [0.29, 0.717) is 11.1 Å². The van der Waals surface area contributed by atoms with Gasteiger partial charge in [0.25, 0.3) is 11.4 Å². The lowest BCUT2D eigenvalue weighted by atomic mass is 10.1. The molecule has 2 rings (SSSR count). The molecule has 0 fully saturated rings. The Morgan fingerprint density at radius 3 is 1.52 bits per heavy atom. The van der Waals surface area contributed by atoms with Crippen LogP contribution in [0.3, 0.4) is 0 Å². The maximum Gasteiger partial charge on any atom is 0.286 e. The van der Waals surface area contributed by atoms with Gasteiger partial charge in [-0.15, -0.1) is 0 Å². The Morgan fingerprint density at radius 1 is 0.800 bits per heavy atom. The van der Waals surface area contributed by atoms with Gasteiger partial charge in [0.15, 0.2) is 0 Å². The van der Waals surface area contributed by atoms with Gasteiger partial charge in [-0.3, -0.25) is 20.2 Å². The third-order valence-corrected chi connectivity index (χ3v) is 4.61. The number of para-hydroxylation sites is 2. The van der Waals surface area contributed by atoms with Gasteiger partial charge in [-0.25, -0.2) is 0 Å². The van der Waals surface area contributed by atoms with Crippen molar-refractivity contribution >= 4 is 23.1 Å². The van der Waals surface area contributed by atoms with Crippen LogP contribution in [0.1, 0.15) is 11.1 Å². The lowest BCUT2D eigenvalue weighted by Crippen LogP contribution is -2.02. The van der Waals surface area contributed by atoms with Gasteiger partial charge in [0.2, 0.25) is 0 Å². The summed E-state index contributed by atoms with van der Waals surface area (Å²) >= 11 is 0.931. The number of hydrogen-bond acceptors (Lipinski definition) is 7. The average molecular weight is 364 g/mol. The van der Waals surface area contributed by atoms with Crippen molar-refractivity contribution < 1.29 is 20.1 Å². The van der Waals surface area contributed by atoms with Crippen molar-refractivity contribution in [3.05, 3.63) is 67.8 Å². The van der Waals surface area contributed by atoms with E-state index in [4.69, 9.17) is 10.2 Å². The Bertz CT molecular complexity index is 731. The fourth-order valence-electron chi connectivity index (χ4n) is 2.48. The van der Waals surface area contributed by atoms with Crippen molar-refractivity contribution in [1.29, 1.82) is 0 Å². The number of nitro groups is 2. The number of nitrogens with zero attached hydrogens (tertiary/aromatic N) is 2. The molecular weight excluding hydrogens is 348 g/mol. The molecule has 2 N–H and O–H groups in total. The smallest absolute Gasteiger partial charge is 0.286 e. The van der Waals surface area contributed by atoms with Gasteiger partial charge < -0.3 is 10.2 Å². The van der Waals surface area contributed by atoms with Crippen molar-refractivity contribution in [2.45, 2.75) is 22.6 Å². The zero-order chi connectivity index (χ0) is 18.4. The summed E-state index contributed by atoms with van der Waals surface area (Å²) in [6, 6.07) is 9.37. The molecule has 0 radical (unpaired) electrons. The van der Waals surface area contributed by atoms with Gasteiger partial charge in [-0.1, -0.05) is 36.0 Å². The normalized spacial score (nSPS) is 10.6. The van der Waals surface area contributed by atoms with Crippen molar-refractivity contribution in [3.8, 4) is 0 Å². The highest BCUT2D eigenvalue weighted by molar-refractivity contribution is 7.99. The first-order chi connectivity index (χ1) is 12.0.